The van der Waals surface area contributed by atoms with Crippen molar-refractivity contribution in [3.8, 4) is 5.82 Å². The standard InChI is InChI=1S/C25H27N9O2/c35-23-19-14-28-24(29-17-5-4-16-13-26-9-8-15(16)12-17)31-22(19)34(33(23)18-6-7-18)21-3-1-2-20(30-21)32-11-10-27-25(32)36/h1-5,12,14,18,25-27,36H,6-11,13H2,(H,28,29,31). The van der Waals surface area contributed by atoms with Crippen LogP contribution in [-0.2, 0) is 13.0 Å². The molecule has 0 radical (unpaired) electrons. The van der Waals surface area contributed by atoms with Crippen LogP contribution in [0.5, 0.6) is 0 Å². The Morgan fingerprint density at radius 3 is 2.78 bits per heavy atom. The first-order valence-corrected chi connectivity index (χ1v) is 12.4. The summed E-state index contributed by atoms with van der Waals surface area (Å²) < 4.78 is 3.56. The first kappa shape index (κ1) is 21.5. The molecule has 5 heterocycles. The molecule has 4 N–H and O–H groups in total. The van der Waals surface area contributed by atoms with Gasteiger partial charge < -0.3 is 20.6 Å². The van der Waals surface area contributed by atoms with Crippen molar-refractivity contribution in [1.29, 1.82) is 0 Å². The van der Waals surface area contributed by atoms with Gasteiger partial charge >= 0.3 is 0 Å². The number of pyridine rings is 1. The van der Waals surface area contributed by atoms with Gasteiger partial charge in [-0.25, -0.2) is 19.3 Å². The Kier molecular flexibility index (Phi) is 5.01. The number of nitrogens with zero attached hydrogens (tertiary/aromatic N) is 6. The first-order chi connectivity index (χ1) is 17.7. The van der Waals surface area contributed by atoms with Crippen LogP contribution < -0.4 is 26.4 Å². The lowest BCUT2D eigenvalue weighted by molar-refractivity contribution is 0.162. The molecule has 0 spiro atoms. The van der Waals surface area contributed by atoms with Crippen LogP contribution in [0.1, 0.15) is 30.0 Å². The number of nitrogens with one attached hydrogen (secondary N) is 3. The van der Waals surface area contributed by atoms with Crippen LogP contribution in [0.3, 0.4) is 0 Å². The van der Waals surface area contributed by atoms with Gasteiger partial charge in [0.25, 0.3) is 5.56 Å². The van der Waals surface area contributed by atoms with Crippen molar-refractivity contribution in [2.75, 3.05) is 29.9 Å². The SMILES string of the molecule is O=c1c2cnc(Nc3ccc4c(c3)CCNC4)nc2n(-c2cccc(N3CCNC3O)n2)n1C1CC1. The molecule has 184 valence electrons. The fourth-order valence-corrected chi connectivity index (χ4v) is 5.09. The topological polar surface area (TPSA) is 125 Å². The molecule has 3 aliphatic rings. The molecule has 0 bridgehead atoms. The highest BCUT2D eigenvalue weighted by Gasteiger charge is 2.31. The fourth-order valence-electron chi connectivity index (χ4n) is 5.09. The second-order valence-corrected chi connectivity index (χ2v) is 9.53. The lowest BCUT2D eigenvalue weighted by Crippen LogP contribution is -2.35. The summed E-state index contributed by atoms with van der Waals surface area (Å²) in [5.41, 5.74) is 3.94. The summed E-state index contributed by atoms with van der Waals surface area (Å²) >= 11 is 0. The Bertz CT molecular complexity index is 1520. The van der Waals surface area contributed by atoms with E-state index in [1.165, 1.54) is 11.1 Å². The van der Waals surface area contributed by atoms with Gasteiger partial charge in [-0.3, -0.25) is 10.1 Å². The van der Waals surface area contributed by atoms with Crippen LogP contribution in [-0.4, -0.2) is 55.4 Å². The van der Waals surface area contributed by atoms with Crippen molar-refractivity contribution in [3.63, 3.8) is 0 Å². The van der Waals surface area contributed by atoms with Crippen LogP contribution in [0.15, 0.2) is 47.4 Å². The average Bonchev–Trinajstić information content (AvgIpc) is 3.58. The molecule has 36 heavy (non-hydrogen) atoms. The summed E-state index contributed by atoms with van der Waals surface area (Å²) in [4.78, 5) is 29.2. The number of aliphatic hydroxyl groups excluding tert-OH is 1. The third-order valence-corrected chi connectivity index (χ3v) is 7.07. The first-order valence-electron chi connectivity index (χ1n) is 12.4. The van der Waals surface area contributed by atoms with E-state index in [9.17, 15) is 9.90 Å². The fraction of sp³-hybridized carbons (Fsp3) is 0.360. The van der Waals surface area contributed by atoms with Crippen LogP contribution in [0.25, 0.3) is 16.9 Å². The van der Waals surface area contributed by atoms with Crippen LogP contribution >= 0.6 is 0 Å². The number of rotatable bonds is 5. The molecule has 11 nitrogen and oxygen atoms in total. The highest BCUT2D eigenvalue weighted by atomic mass is 16.3. The largest absolute Gasteiger partial charge is 0.361 e. The van der Waals surface area contributed by atoms with Gasteiger partial charge in [-0.05, 0) is 61.2 Å². The van der Waals surface area contributed by atoms with E-state index in [1.807, 2.05) is 24.3 Å². The summed E-state index contributed by atoms with van der Waals surface area (Å²) in [6, 6.07) is 12.0. The Balaban J connectivity index is 1.32. The number of hydrogen-bond acceptors (Lipinski definition) is 9. The molecule has 7 rings (SSSR count). The molecule has 2 aliphatic heterocycles. The predicted octanol–water partition coefficient (Wildman–Crippen LogP) is 1.39. The third-order valence-electron chi connectivity index (χ3n) is 7.07. The molecule has 1 atom stereocenters. The van der Waals surface area contributed by atoms with Gasteiger partial charge in [0.15, 0.2) is 17.8 Å². The number of anilines is 3. The zero-order valence-corrected chi connectivity index (χ0v) is 19.7. The highest BCUT2D eigenvalue weighted by molar-refractivity contribution is 5.77. The van der Waals surface area contributed by atoms with Crippen molar-refractivity contribution < 1.29 is 5.11 Å². The molecule has 1 aromatic carbocycles. The van der Waals surface area contributed by atoms with Crippen LogP contribution in [0.2, 0.25) is 0 Å². The van der Waals surface area contributed by atoms with Crippen molar-refractivity contribution in [1.82, 2.24) is 34.9 Å². The molecule has 1 saturated carbocycles. The molecular weight excluding hydrogens is 458 g/mol. The zero-order valence-electron chi connectivity index (χ0n) is 19.7. The van der Waals surface area contributed by atoms with Crippen molar-refractivity contribution in [3.05, 3.63) is 64.1 Å². The molecular formula is C25H27N9O2. The number of aromatic nitrogens is 5. The third kappa shape index (κ3) is 3.63. The van der Waals surface area contributed by atoms with Gasteiger partial charge in [-0.2, -0.15) is 4.98 Å². The van der Waals surface area contributed by atoms with Crippen molar-refractivity contribution in [2.24, 2.45) is 0 Å². The summed E-state index contributed by atoms with van der Waals surface area (Å²) in [6.07, 6.45) is 3.67. The second-order valence-electron chi connectivity index (χ2n) is 9.53. The van der Waals surface area contributed by atoms with Gasteiger partial charge in [0.2, 0.25) is 5.95 Å². The van der Waals surface area contributed by atoms with E-state index in [2.05, 4.69) is 33.1 Å². The number of fused-ring (bicyclic) bond motifs is 2. The van der Waals surface area contributed by atoms with E-state index < -0.39 is 6.35 Å². The van der Waals surface area contributed by atoms with E-state index in [1.54, 1.807) is 20.5 Å². The Morgan fingerprint density at radius 1 is 1.06 bits per heavy atom. The van der Waals surface area contributed by atoms with Gasteiger partial charge in [-0.1, -0.05) is 12.1 Å². The molecule has 1 saturated heterocycles. The van der Waals surface area contributed by atoms with Crippen LogP contribution in [0, 0.1) is 0 Å². The van der Waals surface area contributed by atoms with Crippen molar-refractivity contribution in [2.45, 2.75) is 38.2 Å². The molecule has 11 heteroatoms. The molecule has 2 fully saturated rings. The Hall–Kier alpha value is -3.80. The van der Waals surface area contributed by atoms with Gasteiger partial charge in [0, 0.05) is 31.5 Å². The minimum atomic E-state index is -0.787. The predicted molar refractivity (Wildman–Crippen MR) is 136 cm³/mol. The minimum Gasteiger partial charge on any atom is -0.361 e. The van der Waals surface area contributed by atoms with E-state index in [0.29, 0.717) is 41.7 Å². The second kappa shape index (κ2) is 8.40. The van der Waals surface area contributed by atoms with E-state index in [-0.39, 0.29) is 11.6 Å². The van der Waals surface area contributed by atoms with Gasteiger partial charge in [0.05, 0.1) is 6.04 Å². The molecule has 0 amide bonds. The monoisotopic (exact) mass is 485 g/mol. The maximum absolute atomic E-state index is 13.4. The summed E-state index contributed by atoms with van der Waals surface area (Å²) in [6.45, 7) is 3.17. The quantitative estimate of drug-likeness (QED) is 0.332. The van der Waals surface area contributed by atoms with Crippen LogP contribution in [0.4, 0.5) is 17.5 Å². The summed E-state index contributed by atoms with van der Waals surface area (Å²) in [5, 5.41) is 20.4. The molecule has 1 unspecified atom stereocenters. The lowest BCUT2D eigenvalue weighted by atomic mass is 10.0. The molecule has 4 aromatic rings. The Labute approximate surface area is 206 Å². The smallest absolute Gasteiger partial charge is 0.278 e. The molecule has 3 aromatic heterocycles. The summed E-state index contributed by atoms with van der Waals surface area (Å²) in [5.74, 6) is 1.64. The average molecular weight is 486 g/mol. The Morgan fingerprint density at radius 2 is 1.94 bits per heavy atom. The zero-order chi connectivity index (χ0) is 24.2. The minimum absolute atomic E-state index is 0.113. The number of aliphatic hydroxyl groups is 1. The maximum atomic E-state index is 13.4. The number of hydrogen-bond donors (Lipinski definition) is 4. The lowest BCUT2D eigenvalue weighted by Gasteiger charge is -2.21. The van der Waals surface area contributed by atoms with Gasteiger partial charge in [-0.15, -0.1) is 0 Å². The van der Waals surface area contributed by atoms with E-state index in [4.69, 9.17) is 9.97 Å². The summed E-state index contributed by atoms with van der Waals surface area (Å²) in [7, 11) is 0. The normalized spacial score (nSPS) is 19.6. The van der Waals surface area contributed by atoms with Gasteiger partial charge in [0.1, 0.15) is 11.2 Å². The van der Waals surface area contributed by atoms with Crippen molar-refractivity contribution >= 4 is 28.5 Å². The van der Waals surface area contributed by atoms with E-state index >= 15 is 0 Å². The van der Waals surface area contributed by atoms with E-state index in [0.717, 1.165) is 38.0 Å². The maximum Gasteiger partial charge on any atom is 0.278 e. The number of benzene rings is 1. The molecule has 1 aliphatic carbocycles. The highest BCUT2D eigenvalue weighted by Crippen LogP contribution is 2.35.